The fourth-order valence-electron chi connectivity index (χ4n) is 3.10. The Kier molecular flexibility index (Phi) is 3.44. The van der Waals surface area contributed by atoms with E-state index in [0.717, 1.165) is 49.9 Å². The summed E-state index contributed by atoms with van der Waals surface area (Å²) < 4.78 is 13.9. The molecule has 0 unspecified atom stereocenters. The Labute approximate surface area is 113 Å². The fraction of sp³-hybridized carbons (Fsp3) is 0.667. The third-order valence-electron chi connectivity index (χ3n) is 4.53. The fourth-order valence-corrected chi connectivity index (χ4v) is 3.10. The number of rotatable bonds is 6. The van der Waals surface area contributed by atoms with Gasteiger partial charge in [0.25, 0.3) is 0 Å². The molecule has 0 bridgehead atoms. The highest BCUT2D eigenvalue weighted by atomic mass is 19.1. The Bertz CT molecular complexity index is 471. The first-order chi connectivity index (χ1) is 9.24. The van der Waals surface area contributed by atoms with Gasteiger partial charge < -0.3 is 10.4 Å². The molecule has 1 saturated carbocycles. The quantitative estimate of drug-likeness (QED) is 0.830. The molecular formula is C15H21FN2O. The van der Waals surface area contributed by atoms with Crippen molar-refractivity contribution >= 4 is 5.69 Å². The van der Waals surface area contributed by atoms with Gasteiger partial charge in [-0.05, 0) is 55.9 Å². The summed E-state index contributed by atoms with van der Waals surface area (Å²) in [5.41, 5.74) is 3.11. The average Bonchev–Trinajstić information content (AvgIpc) is 3.02. The van der Waals surface area contributed by atoms with Crippen LogP contribution in [0, 0.1) is 11.2 Å². The predicted molar refractivity (Wildman–Crippen MR) is 72.7 cm³/mol. The van der Waals surface area contributed by atoms with Crippen molar-refractivity contribution in [1.82, 2.24) is 4.98 Å². The number of nitrogens with zero attached hydrogens (tertiary/aromatic N) is 1. The Balaban J connectivity index is 1.69. The van der Waals surface area contributed by atoms with E-state index in [4.69, 9.17) is 5.11 Å². The van der Waals surface area contributed by atoms with Gasteiger partial charge in [0.2, 0.25) is 0 Å². The molecule has 0 aromatic carbocycles. The molecule has 19 heavy (non-hydrogen) atoms. The molecule has 1 aromatic heterocycles. The van der Waals surface area contributed by atoms with E-state index in [0.29, 0.717) is 11.1 Å². The molecule has 1 aromatic rings. The molecule has 104 valence electrons. The van der Waals surface area contributed by atoms with E-state index in [1.807, 2.05) is 0 Å². The van der Waals surface area contributed by atoms with Crippen molar-refractivity contribution in [1.29, 1.82) is 0 Å². The third-order valence-corrected chi connectivity index (χ3v) is 4.53. The summed E-state index contributed by atoms with van der Waals surface area (Å²) in [6.45, 7) is 1.07. The summed E-state index contributed by atoms with van der Waals surface area (Å²) in [4.78, 5) is 4.18. The molecule has 3 rings (SSSR count). The van der Waals surface area contributed by atoms with Gasteiger partial charge in [0.15, 0.2) is 5.82 Å². The van der Waals surface area contributed by atoms with Crippen LogP contribution >= 0.6 is 0 Å². The lowest BCUT2D eigenvalue weighted by Crippen LogP contribution is -2.18. The van der Waals surface area contributed by atoms with Crippen LogP contribution in [0.4, 0.5) is 10.1 Å². The van der Waals surface area contributed by atoms with E-state index < -0.39 is 0 Å². The van der Waals surface area contributed by atoms with Gasteiger partial charge in [-0.25, -0.2) is 4.39 Å². The number of aliphatic hydroxyl groups is 1. The molecule has 1 heterocycles. The number of nitrogens with one attached hydrogen (secondary N) is 1. The molecule has 1 fully saturated rings. The molecule has 2 aliphatic rings. The van der Waals surface area contributed by atoms with Gasteiger partial charge in [0.05, 0.1) is 11.9 Å². The van der Waals surface area contributed by atoms with Crippen molar-refractivity contribution < 1.29 is 9.50 Å². The van der Waals surface area contributed by atoms with Crippen molar-refractivity contribution in [3.8, 4) is 0 Å². The van der Waals surface area contributed by atoms with Gasteiger partial charge in [0, 0.05) is 18.8 Å². The molecular weight excluding hydrogens is 243 g/mol. The number of aliphatic hydroxyl groups excluding tert-OH is 1. The summed E-state index contributed by atoms with van der Waals surface area (Å²) in [7, 11) is 0. The molecule has 2 N–H and O–H groups in total. The van der Waals surface area contributed by atoms with Gasteiger partial charge in [-0.2, -0.15) is 0 Å². The zero-order chi connectivity index (χ0) is 13.3. The Hall–Kier alpha value is -1.16. The lowest BCUT2D eigenvalue weighted by molar-refractivity contribution is 0.269. The van der Waals surface area contributed by atoms with Crippen molar-refractivity contribution in [3.63, 3.8) is 0 Å². The lowest BCUT2D eigenvalue weighted by Gasteiger charge is -2.18. The number of aromatic nitrogens is 1. The van der Waals surface area contributed by atoms with Crippen LogP contribution in [0.15, 0.2) is 6.20 Å². The molecule has 3 nitrogen and oxygen atoms in total. The molecule has 4 heteroatoms. The largest absolute Gasteiger partial charge is 0.396 e. The van der Waals surface area contributed by atoms with Crippen LogP contribution in [0.5, 0.6) is 0 Å². The van der Waals surface area contributed by atoms with E-state index in [-0.39, 0.29) is 12.4 Å². The normalized spacial score (nSPS) is 19.3. The molecule has 0 spiro atoms. The second kappa shape index (κ2) is 5.08. The van der Waals surface area contributed by atoms with E-state index in [1.54, 1.807) is 0 Å². The second-order valence-corrected chi connectivity index (χ2v) is 5.94. The highest BCUT2D eigenvalue weighted by molar-refractivity contribution is 5.55. The van der Waals surface area contributed by atoms with Crippen LogP contribution in [0.2, 0.25) is 0 Å². The highest BCUT2D eigenvalue weighted by Gasteiger charge is 2.41. The van der Waals surface area contributed by atoms with E-state index >= 15 is 0 Å². The monoisotopic (exact) mass is 264 g/mol. The average molecular weight is 264 g/mol. The first-order valence-electron chi connectivity index (χ1n) is 7.25. The molecule has 0 saturated heterocycles. The number of hydrogen-bond donors (Lipinski definition) is 2. The SMILES string of the molecule is OCCCC1(CNc2c(F)cnc3c2CCC3)CC1. The Morgan fingerprint density at radius 2 is 2.21 bits per heavy atom. The van der Waals surface area contributed by atoms with Crippen LogP contribution in [-0.4, -0.2) is 23.2 Å². The number of aryl methyl sites for hydroxylation is 1. The number of pyridine rings is 1. The van der Waals surface area contributed by atoms with Crippen LogP contribution in [-0.2, 0) is 12.8 Å². The van der Waals surface area contributed by atoms with Crippen molar-refractivity contribution in [2.45, 2.75) is 44.9 Å². The van der Waals surface area contributed by atoms with Crippen LogP contribution in [0.25, 0.3) is 0 Å². The minimum atomic E-state index is -0.224. The van der Waals surface area contributed by atoms with E-state index in [1.165, 1.54) is 19.0 Å². The first-order valence-corrected chi connectivity index (χ1v) is 7.25. The van der Waals surface area contributed by atoms with E-state index in [9.17, 15) is 4.39 Å². The zero-order valence-electron chi connectivity index (χ0n) is 11.2. The summed E-state index contributed by atoms with van der Waals surface area (Å²) >= 11 is 0. The van der Waals surface area contributed by atoms with Crippen LogP contribution in [0.1, 0.15) is 43.4 Å². The highest BCUT2D eigenvalue weighted by Crippen LogP contribution is 2.49. The maximum atomic E-state index is 13.9. The molecule has 0 amide bonds. The maximum Gasteiger partial charge on any atom is 0.164 e. The van der Waals surface area contributed by atoms with Crippen LogP contribution in [0.3, 0.4) is 0 Å². The number of halogens is 1. The number of hydrogen-bond acceptors (Lipinski definition) is 3. The van der Waals surface area contributed by atoms with Crippen molar-refractivity contribution in [2.24, 2.45) is 5.41 Å². The van der Waals surface area contributed by atoms with Gasteiger partial charge in [-0.15, -0.1) is 0 Å². The molecule has 2 aliphatic carbocycles. The Morgan fingerprint density at radius 1 is 1.37 bits per heavy atom. The second-order valence-electron chi connectivity index (χ2n) is 5.94. The Morgan fingerprint density at radius 3 is 2.95 bits per heavy atom. The standard InChI is InChI=1S/C15H21FN2O/c16-12-9-17-13-4-1-3-11(13)14(12)18-10-15(6-7-15)5-2-8-19/h9,19H,1-8,10H2,(H,17,18). The number of fused-ring (bicyclic) bond motifs is 1. The maximum absolute atomic E-state index is 13.9. The lowest BCUT2D eigenvalue weighted by atomic mass is 10.00. The number of anilines is 1. The summed E-state index contributed by atoms with van der Waals surface area (Å²) in [6, 6.07) is 0. The minimum Gasteiger partial charge on any atom is -0.396 e. The van der Waals surface area contributed by atoms with Crippen molar-refractivity contribution in [3.05, 3.63) is 23.3 Å². The first kappa shape index (κ1) is 12.9. The summed E-state index contributed by atoms with van der Waals surface area (Å²) in [5, 5.41) is 12.3. The van der Waals surface area contributed by atoms with Gasteiger partial charge in [-0.3, -0.25) is 4.98 Å². The zero-order valence-corrected chi connectivity index (χ0v) is 11.2. The van der Waals surface area contributed by atoms with Gasteiger partial charge in [0.1, 0.15) is 0 Å². The molecule has 0 radical (unpaired) electrons. The predicted octanol–water partition coefficient (Wildman–Crippen LogP) is 2.67. The van der Waals surface area contributed by atoms with Gasteiger partial charge in [-0.1, -0.05) is 0 Å². The van der Waals surface area contributed by atoms with Gasteiger partial charge >= 0.3 is 0 Å². The molecule has 0 aliphatic heterocycles. The smallest absolute Gasteiger partial charge is 0.164 e. The van der Waals surface area contributed by atoms with Crippen molar-refractivity contribution in [2.75, 3.05) is 18.5 Å². The summed E-state index contributed by atoms with van der Waals surface area (Å²) in [5.74, 6) is -0.224. The topological polar surface area (TPSA) is 45.1 Å². The van der Waals surface area contributed by atoms with E-state index in [2.05, 4.69) is 10.3 Å². The summed E-state index contributed by atoms with van der Waals surface area (Å²) in [6.07, 6.45) is 8.59. The minimum absolute atomic E-state index is 0.224. The third kappa shape index (κ3) is 2.59. The molecule has 0 atom stereocenters. The van der Waals surface area contributed by atoms with Crippen LogP contribution < -0.4 is 5.32 Å².